The van der Waals surface area contributed by atoms with Gasteiger partial charge < -0.3 is 5.32 Å². The number of nitrogens with zero attached hydrogens (tertiary/aromatic N) is 1. The van der Waals surface area contributed by atoms with Crippen LogP contribution in [0.1, 0.15) is 56.4 Å². The van der Waals surface area contributed by atoms with Gasteiger partial charge in [-0.25, -0.2) is 4.98 Å². The molecule has 21 heavy (non-hydrogen) atoms. The van der Waals surface area contributed by atoms with Gasteiger partial charge in [0.2, 0.25) is 11.8 Å². The lowest BCUT2D eigenvalue weighted by molar-refractivity contribution is -0.134. The molecule has 3 rings (SSSR count). The summed E-state index contributed by atoms with van der Waals surface area (Å²) in [6.07, 6.45) is 8.96. The lowest BCUT2D eigenvalue weighted by Gasteiger charge is -2.24. The molecule has 1 aliphatic heterocycles. The molecule has 0 radical (unpaired) electrons. The molecule has 1 unspecified atom stereocenters. The maximum atomic E-state index is 11.9. The van der Waals surface area contributed by atoms with Gasteiger partial charge in [0.05, 0.1) is 5.92 Å². The van der Waals surface area contributed by atoms with Crippen molar-refractivity contribution in [1.82, 2.24) is 10.3 Å². The van der Waals surface area contributed by atoms with Crippen molar-refractivity contribution in [1.29, 1.82) is 0 Å². The molecule has 2 N–H and O–H groups in total. The summed E-state index contributed by atoms with van der Waals surface area (Å²) in [4.78, 5) is 27.5. The Kier molecular flexibility index (Phi) is 4.18. The number of amides is 2. The highest BCUT2D eigenvalue weighted by Crippen LogP contribution is 2.27. The highest BCUT2D eigenvalue weighted by atomic mass is 16.2. The molecule has 0 spiro atoms. The van der Waals surface area contributed by atoms with Crippen molar-refractivity contribution in [2.75, 3.05) is 5.32 Å². The molecule has 0 bridgehead atoms. The molecule has 2 fully saturated rings. The van der Waals surface area contributed by atoms with E-state index in [9.17, 15) is 9.59 Å². The fourth-order valence-electron chi connectivity index (χ4n) is 3.21. The van der Waals surface area contributed by atoms with E-state index in [-0.39, 0.29) is 17.7 Å². The zero-order valence-electron chi connectivity index (χ0n) is 12.1. The summed E-state index contributed by atoms with van der Waals surface area (Å²) < 4.78 is 0. The summed E-state index contributed by atoms with van der Waals surface area (Å²) in [7, 11) is 0. The van der Waals surface area contributed by atoms with Crippen LogP contribution in [0, 0.1) is 0 Å². The van der Waals surface area contributed by atoms with Gasteiger partial charge in [0.25, 0.3) is 0 Å². The second-order valence-corrected chi connectivity index (χ2v) is 5.96. The van der Waals surface area contributed by atoms with Crippen LogP contribution in [0.3, 0.4) is 0 Å². The fraction of sp³-hybridized carbons (Fsp3) is 0.562. The van der Waals surface area contributed by atoms with Crippen molar-refractivity contribution >= 4 is 17.6 Å². The number of rotatable bonds is 3. The molecule has 2 aliphatic rings. The molecule has 5 heteroatoms. The molecular weight excluding hydrogens is 266 g/mol. The molecule has 1 saturated carbocycles. The van der Waals surface area contributed by atoms with Gasteiger partial charge in [-0.2, -0.15) is 0 Å². The summed E-state index contributed by atoms with van der Waals surface area (Å²) in [5.74, 6) is 0.230. The third-order valence-electron chi connectivity index (χ3n) is 4.38. The maximum absolute atomic E-state index is 11.9. The Morgan fingerprint density at radius 3 is 2.71 bits per heavy atom. The summed E-state index contributed by atoms with van der Waals surface area (Å²) in [5.41, 5.74) is 0.938. The van der Waals surface area contributed by atoms with E-state index in [0.29, 0.717) is 18.9 Å². The minimum Gasteiger partial charge on any atom is -0.367 e. The molecule has 2 heterocycles. The number of carbonyl (C=O) groups excluding carboxylic acids is 2. The normalized spacial score (nSPS) is 23.7. The lowest BCUT2D eigenvalue weighted by atomic mass is 9.91. The summed E-state index contributed by atoms with van der Waals surface area (Å²) in [6, 6.07) is 4.31. The standard InChI is InChI=1S/C16H21N3O2/c20-15-7-6-13(16(21)19-15)11-8-9-17-14(10-11)18-12-4-2-1-3-5-12/h8-10,12-13H,1-7H2,(H,17,18)(H,19,20,21). The number of hydrogen-bond acceptors (Lipinski definition) is 4. The molecule has 1 aliphatic carbocycles. The number of aromatic nitrogens is 1. The lowest BCUT2D eigenvalue weighted by Crippen LogP contribution is -2.39. The molecule has 1 aromatic rings. The first kappa shape index (κ1) is 14.0. The molecule has 1 atom stereocenters. The van der Waals surface area contributed by atoms with Gasteiger partial charge >= 0.3 is 0 Å². The van der Waals surface area contributed by atoms with Crippen LogP contribution in [0.25, 0.3) is 0 Å². The first-order valence-electron chi connectivity index (χ1n) is 7.78. The van der Waals surface area contributed by atoms with E-state index >= 15 is 0 Å². The molecule has 1 aromatic heterocycles. The first-order chi connectivity index (χ1) is 10.2. The van der Waals surface area contributed by atoms with Crippen LogP contribution in [0.15, 0.2) is 18.3 Å². The van der Waals surface area contributed by atoms with Gasteiger partial charge in [-0.05, 0) is 37.0 Å². The van der Waals surface area contributed by atoms with Crippen LogP contribution in [0.2, 0.25) is 0 Å². The zero-order chi connectivity index (χ0) is 14.7. The predicted octanol–water partition coefficient (Wildman–Crippen LogP) is 2.35. The van der Waals surface area contributed by atoms with Crippen LogP contribution in [0.5, 0.6) is 0 Å². The van der Waals surface area contributed by atoms with E-state index in [0.717, 1.165) is 11.4 Å². The monoisotopic (exact) mass is 287 g/mol. The minimum atomic E-state index is -0.238. The quantitative estimate of drug-likeness (QED) is 0.837. The van der Waals surface area contributed by atoms with Crippen molar-refractivity contribution in [3.05, 3.63) is 23.9 Å². The molecule has 2 amide bonds. The van der Waals surface area contributed by atoms with E-state index < -0.39 is 0 Å². The SMILES string of the molecule is O=C1CCC(c2ccnc(NC3CCCCC3)c2)C(=O)N1. The predicted molar refractivity (Wildman–Crippen MR) is 79.9 cm³/mol. The average Bonchev–Trinajstić information content (AvgIpc) is 2.48. The second kappa shape index (κ2) is 6.24. The Bertz CT molecular complexity index is 538. The Balaban J connectivity index is 1.70. The number of hydrogen-bond donors (Lipinski definition) is 2. The van der Waals surface area contributed by atoms with Gasteiger partial charge in [0, 0.05) is 18.7 Å². The van der Waals surface area contributed by atoms with Crippen LogP contribution in [0.4, 0.5) is 5.82 Å². The largest absolute Gasteiger partial charge is 0.367 e. The number of carbonyl (C=O) groups is 2. The molecule has 1 saturated heterocycles. The van der Waals surface area contributed by atoms with E-state index in [1.54, 1.807) is 6.20 Å². The van der Waals surface area contributed by atoms with Crippen molar-refractivity contribution in [2.24, 2.45) is 0 Å². The van der Waals surface area contributed by atoms with Gasteiger partial charge in [-0.3, -0.25) is 14.9 Å². The molecule has 5 nitrogen and oxygen atoms in total. The van der Waals surface area contributed by atoms with E-state index in [1.807, 2.05) is 12.1 Å². The zero-order valence-corrected chi connectivity index (χ0v) is 12.1. The average molecular weight is 287 g/mol. The van der Waals surface area contributed by atoms with Gasteiger partial charge in [-0.15, -0.1) is 0 Å². The third kappa shape index (κ3) is 3.40. The van der Waals surface area contributed by atoms with Crippen molar-refractivity contribution in [2.45, 2.75) is 56.9 Å². The fourth-order valence-corrected chi connectivity index (χ4v) is 3.21. The minimum absolute atomic E-state index is 0.175. The van der Waals surface area contributed by atoms with Crippen LogP contribution in [-0.2, 0) is 9.59 Å². The van der Waals surface area contributed by atoms with Crippen molar-refractivity contribution < 1.29 is 9.59 Å². The highest BCUT2D eigenvalue weighted by Gasteiger charge is 2.28. The molecule has 0 aromatic carbocycles. The Labute approximate surface area is 124 Å². The number of nitrogens with one attached hydrogen (secondary N) is 2. The first-order valence-corrected chi connectivity index (χ1v) is 7.78. The second-order valence-electron chi connectivity index (χ2n) is 5.96. The Morgan fingerprint density at radius 2 is 1.95 bits per heavy atom. The van der Waals surface area contributed by atoms with Gasteiger partial charge in [0.15, 0.2) is 0 Å². The van der Waals surface area contributed by atoms with E-state index in [1.165, 1.54) is 32.1 Å². The maximum Gasteiger partial charge on any atom is 0.234 e. The number of anilines is 1. The summed E-state index contributed by atoms with van der Waals surface area (Å²) in [6.45, 7) is 0. The van der Waals surface area contributed by atoms with Crippen molar-refractivity contribution in [3.63, 3.8) is 0 Å². The van der Waals surface area contributed by atoms with Crippen LogP contribution < -0.4 is 10.6 Å². The van der Waals surface area contributed by atoms with Crippen LogP contribution in [-0.4, -0.2) is 22.8 Å². The smallest absolute Gasteiger partial charge is 0.234 e. The van der Waals surface area contributed by atoms with Gasteiger partial charge in [-0.1, -0.05) is 19.3 Å². The number of pyridine rings is 1. The number of piperidine rings is 1. The highest BCUT2D eigenvalue weighted by molar-refractivity contribution is 6.00. The molecular formula is C16H21N3O2. The van der Waals surface area contributed by atoms with Gasteiger partial charge in [0.1, 0.15) is 5.82 Å². The van der Waals surface area contributed by atoms with E-state index in [2.05, 4.69) is 15.6 Å². The van der Waals surface area contributed by atoms with Crippen LogP contribution >= 0.6 is 0 Å². The third-order valence-corrected chi connectivity index (χ3v) is 4.38. The Hall–Kier alpha value is -1.91. The summed E-state index contributed by atoms with van der Waals surface area (Å²) >= 11 is 0. The topological polar surface area (TPSA) is 71.1 Å². The van der Waals surface area contributed by atoms with Crippen molar-refractivity contribution in [3.8, 4) is 0 Å². The number of imide groups is 1. The Morgan fingerprint density at radius 1 is 1.14 bits per heavy atom. The summed E-state index contributed by atoms with van der Waals surface area (Å²) in [5, 5.41) is 5.88. The van der Waals surface area contributed by atoms with E-state index in [4.69, 9.17) is 0 Å². The molecule has 112 valence electrons.